The lowest BCUT2D eigenvalue weighted by Crippen LogP contribution is -2.44. The molecule has 5 nitrogen and oxygen atoms in total. The zero-order valence-electron chi connectivity index (χ0n) is 12.0. The molecule has 0 unspecified atom stereocenters. The Labute approximate surface area is 127 Å². The molecule has 1 saturated carbocycles. The van der Waals surface area contributed by atoms with E-state index >= 15 is 0 Å². The molecule has 1 aromatic heterocycles. The van der Waals surface area contributed by atoms with Crippen LogP contribution in [0.3, 0.4) is 0 Å². The smallest absolute Gasteiger partial charge is 0.408 e. The molecular weight excluding hydrogens is 322 g/mol. The van der Waals surface area contributed by atoms with Crippen LogP contribution in [0.2, 0.25) is 0 Å². The van der Waals surface area contributed by atoms with Crippen molar-refractivity contribution in [1.82, 2.24) is 10.3 Å². The van der Waals surface area contributed by atoms with Gasteiger partial charge in [0.25, 0.3) is 0 Å². The van der Waals surface area contributed by atoms with Crippen molar-refractivity contribution in [2.24, 2.45) is 0 Å². The molecule has 1 heterocycles. The Morgan fingerprint density at radius 2 is 2.15 bits per heavy atom. The summed E-state index contributed by atoms with van der Waals surface area (Å²) in [5.41, 5.74) is 0.281. The van der Waals surface area contributed by atoms with E-state index in [0.717, 1.165) is 23.1 Å². The van der Waals surface area contributed by atoms with Crippen LogP contribution in [0, 0.1) is 0 Å². The van der Waals surface area contributed by atoms with E-state index in [1.807, 2.05) is 32.9 Å². The minimum atomic E-state index is -0.469. The fraction of sp³-hybridized carbons (Fsp3) is 0.571. The summed E-state index contributed by atoms with van der Waals surface area (Å²) in [5.74, 6) is 0. The van der Waals surface area contributed by atoms with Gasteiger partial charge in [-0.25, -0.2) is 9.78 Å². The van der Waals surface area contributed by atoms with E-state index in [0.29, 0.717) is 6.54 Å². The van der Waals surface area contributed by atoms with Gasteiger partial charge in [0.05, 0.1) is 17.4 Å². The third-order valence-electron chi connectivity index (χ3n) is 2.98. The zero-order chi connectivity index (χ0) is 14.8. The number of alkyl carbamates (subject to hydrolysis) is 1. The summed E-state index contributed by atoms with van der Waals surface area (Å²) in [5, 5.41) is 6.24. The lowest BCUT2D eigenvalue weighted by atomic mass is 10.2. The SMILES string of the molecule is CC(C)(C)OC(=O)NC1(CNc2ccc(Br)nc2)CC1. The first-order valence-electron chi connectivity index (χ1n) is 6.65. The summed E-state index contributed by atoms with van der Waals surface area (Å²) >= 11 is 3.30. The third kappa shape index (κ3) is 4.67. The van der Waals surface area contributed by atoms with Gasteiger partial charge in [-0.05, 0) is 61.7 Å². The van der Waals surface area contributed by atoms with Gasteiger partial charge in [-0.3, -0.25) is 0 Å². The number of aromatic nitrogens is 1. The van der Waals surface area contributed by atoms with Gasteiger partial charge in [-0.15, -0.1) is 0 Å². The Morgan fingerprint density at radius 1 is 1.45 bits per heavy atom. The average molecular weight is 342 g/mol. The molecule has 0 atom stereocenters. The van der Waals surface area contributed by atoms with Crippen molar-refractivity contribution in [3.8, 4) is 0 Å². The maximum absolute atomic E-state index is 11.8. The van der Waals surface area contributed by atoms with Gasteiger partial charge >= 0.3 is 6.09 Å². The van der Waals surface area contributed by atoms with Gasteiger partial charge < -0.3 is 15.4 Å². The first kappa shape index (κ1) is 15.1. The third-order valence-corrected chi connectivity index (χ3v) is 3.45. The highest BCUT2D eigenvalue weighted by molar-refractivity contribution is 9.10. The van der Waals surface area contributed by atoms with E-state index in [1.54, 1.807) is 6.20 Å². The predicted octanol–water partition coefficient (Wildman–Crippen LogP) is 3.31. The molecule has 2 rings (SSSR count). The number of ether oxygens (including phenoxy) is 1. The van der Waals surface area contributed by atoms with Crippen molar-refractivity contribution >= 4 is 27.7 Å². The van der Waals surface area contributed by atoms with Crippen LogP contribution in [-0.2, 0) is 4.74 Å². The molecule has 2 N–H and O–H groups in total. The zero-order valence-corrected chi connectivity index (χ0v) is 13.6. The number of hydrogen-bond donors (Lipinski definition) is 2. The van der Waals surface area contributed by atoms with Crippen molar-refractivity contribution in [1.29, 1.82) is 0 Å². The summed E-state index contributed by atoms with van der Waals surface area (Å²) in [4.78, 5) is 15.9. The van der Waals surface area contributed by atoms with Gasteiger partial charge in [0.15, 0.2) is 0 Å². The van der Waals surface area contributed by atoms with Crippen molar-refractivity contribution in [2.75, 3.05) is 11.9 Å². The summed E-state index contributed by atoms with van der Waals surface area (Å²) in [7, 11) is 0. The van der Waals surface area contributed by atoms with Gasteiger partial charge in [-0.1, -0.05) is 0 Å². The van der Waals surface area contributed by atoms with E-state index in [4.69, 9.17) is 4.74 Å². The monoisotopic (exact) mass is 341 g/mol. The number of rotatable bonds is 4. The number of nitrogens with zero attached hydrogens (tertiary/aromatic N) is 1. The summed E-state index contributed by atoms with van der Waals surface area (Å²) in [6.07, 6.45) is 3.32. The Hall–Kier alpha value is -1.30. The highest BCUT2D eigenvalue weighted by Crippen LogP contribution is 2.35. The van der Waals surface area contributed by atoms with Gasteiger partial charge in [0.2, 0.25) is 0 Å². The molecule has 1 fully saturated rings. The lowest BCUT2D eigenvalue weighted by molar-refractivity contribution is 0.0500. The minimum absolute atomic E-state index is 0.185. The molecule has 0 radical (unpaired) electrons. The van der Waals surface area contributed by atoms with Crippen molar-refractivity contribution in [3.63, 3.8) is 0 Å². The Kier molecular flexibility index (Phi) is 4.22. The fourth-order valence-corrected chi connectivity index (χ4v) is 2.00. The molecule has 0 aromatic carbocycles. The van der Waals surface area contributed by atoms with Crippen LogP contribution in [0.25, 0.3) is 0 Å². The maximum atomic E-state index is 11.8. The first-order chi connectivity index (χ1) is 9.28. The van der Waals surface area contributed by atoms with Crippen molar-refractivity contribution in [3.05, 3.63) is 22.9 Å². The fourth-order valence-electron chi connectivity index (χ4n) is 1.77. The number of nitrogens with one attached hydrogen (secondary N) is 2. The highest BCUT2D eigenvalue weighted by atomic mass is 79.9. The van der Waals surface area contributed by atoms with Gasteiger partial charge in [0.1, 0.15) is 10.2 Å². The van der Waals surface area contributed by atoms with Crippen LogP contribution in [-0.4, -0.2) is 28.8 Å². The molecule has 110 valence electrons. The average Bonchev–Trinajstić information content (AvgIpc) is 3.06. The summed E-state index contributed by atoms with van der Waals surface area (Å²) in [6, 6.07) is 3.82. The molecule has 0 aliphatic heterocycles. The quantitative estimate of drug-likeness (QED) is 0.824. The summed E-state index contributed by atoms with van der Waals surface area (Å²) < 4.78 is 6.09. The summed E-state index contributed by atoms with van der Waals surface area (Å²) in [6.45, 7) is 6.25. The predicted molar refractivity (Wildman–Crippen MR) is 81.8 cm³/mol. The molecule has 1 aromatic rings. The largest absolute Gasteiger partial charge is 0.444 e. The van der Waals surface area contributed by atoms with Crippen LogP contribution in [0.4, 0.5) is 10.5 Å². The van der Waals surface area contributed by atoms with Crippen LogP contribution in [0.15, 0.2) is 22.9 Å². The second-order valence-corrected chi connectivity index (χ2v) is 6.94. The number of carbonyl (C=O) groups excluding carboxylic acids is 1. The Balaban J connectivity index is 1.83. The van der Waals surface area contributed by atoms with Crippen molar-refractivity contribution in [2.45, 2.75) is 44.8 Å². The van der Waals surface area contributed by atoms with Crippen LogP contribution in [0.1, 0.15) is 33.6 Å². The Morgan fingerprint density at radius 3 is 2.65 bits per heavy atom. The normalized spacial score (nSPS) is 16.4. The maximum Gasteiger partial charge on any atom is 0.408 e. The number of pyridine rings is 1. The minimum Gasteiger partial charge on any atom is -0.444 e. The highest BCUT2D eigenvalue weighted by Gasteiger charge is 2.44. The van der Waals surface area contributed by atoms with E-state index in [-0.39, 0.29) is 11.6 Å². The number of carbonyl (C=O) groups is 1. The standard InChI is InChI=1S/C14H20BrN3O2/c1-13(2,3)20-12(19)18-14(6-7-14)9-17-10-4-5-11(15)16-8-10/h4-5,8,17H,6-7,9H2,1-3H3,(H,18,19). The first-order valence-corrected chi connectivity index (χ1v) is 7.44. The van der Waals surface area contributed by atoms with E-state index in [2.05, 4.69) is 31.5 Å². The molecule has 6 heteroatoms. The van der Waals surface area contributed by atoms with Crippen LogP contribution >= 0.6 is 15.9 Å². The molecular formula is C14H20BrN3O2. The molecule has 1 amide bonds. The molecule has 0 spiro atoms. The van der Waals surface area contributed by atoms with Gasteiger partial charge in [-0.2, -0.15) is 0 Å². The van der Waals surface area contributed by atoms with Crippen LogP contribution < -0.4 is 10.6 Å². The molecule has 1 aliphatic rings. The molecule has 0 bridgehead atoms. The van der Waals surface area contributed by atoms with Crippen molar-refractivity contribution < 1.29 is 9.53 Å². The molecule has 20 heavy (non-hydrogen) atoms. The van der Waals surface area contributed by atoms with E-state index in [9.17, 15) is 4.79 Å². The number of halogens is 1. The second-order valence-electron chi connectivity index (χ2n) is 6.13. The number of hydrogen-bond acceptors (Lipinski definition) is 4. The van der Waals surface area contributed by atoms with Crippen LogP contribution in [0.5, 0.6) is 0 Å². The number of amides is 1. The van der Waals surface area contributed by atoms with Gasteiger partial charge in [0, 0.05) is 6.54 Å². The van der Waals surface area contributed by atoms with E-state index < -0.39 is 5.60 Å². The Bertz CT molecular complexity index is 478. The number of anilines is 1. The van der Waals surface area contributed by atoms with E-state index in [1.165, 1.54) is 0 Å². The molecule has 0 saturated heterocycles. The second kappa shape index (κ2) is 5.60. The molecule has 1 aliphatic carbocycles. The lowest BCUT2D eigenvalue weighted by Gasteiger charge is -2.23. The topological polar surface area (TPSA) is 63.2 Å².